The molecular weight excluding hydrogens is 215 g/mol. The first-order valence-corrected chi connectivity index (χ1v) is 4.93. The van der Waals surface area contributed by atoms with Crippen LogP contribution >= 0.6 is 11.6 Å². The van der Waals surface area contributed by atoms with Crippen LogP contribution in [0.5, 0.6) is 0 Å². The van der Waals surface area contributed by atoms with Crippen molar-refractivity contribution < 1.29 is 4.39 Å². The molecule has 0 radical (unpaired) electrons. The number of rotatable bonds is 1. The number of halogens is 2. The molecule has 0 aliphatic heterocycles. The Morgan fingerprint density at radius 2 is 2.07 bits per heavy atom. The van der Waals surface area contributed by atoms with Crippen LogP contribution in [0.15, 0.2) is 18.3 Å². The molecule has 0 amide bonds. The Balaban J connectivity index is 2.58. The van der Waals surface area contributed by atoms with Crippen molar-refractivity contribution in [1.29, 1.82) is 0 Å². The second kappa shape index (κ2) is 3.66. The number of H-pyrrole nitrogens is 1. The highest BCUT2D eigenvalue weighted by Crippen LogP contribution is 2.28. The predicted octanol–water partition coefficient (Wildman–Crippen LogP) is 3.49. The Kier molecular flexibility index (Phi) is 2.49. The van der Waals surface area contributed by atoms with E-state index in [4.69, 9.17) is 11.6 Å². The molecular formula is C11H10ClFN2. The molecule has 0 aliphatic rings. The van der Waals surface area contributed by atoms with Crippen molar-refractivity contribution in [2.45, 2.75) is 13.8 Å². The molecule has 0 aliphatic carbocycles. The molecule has 2 nitrogen and oxygen atoms in total. The van der Waals surface area contributed by atoms with Gasteiger partial charge >= 0.3 is 0 Å². The number of nitrogens with one attached hydrogen (secondary N) is 1. The molecule has 1 aromatic carbocycles. The minimum Gasteiger partial charge on any atom is -0.342 e. The average Bonchev–Trinajstić information content (AvgIpc) is 2.58. The van der Waals surface area contributed by atoms with Gasteiger partial charge < -0.3 is 4.98 Å². The van der Waals surface area contributed by atoms with Gasteiger partial charge in [0.2, 0.25) is 0 Å². The molecule has 1 heterocycles. The summed E-state index contributed by atoms with van der Waals surface area (Å²) in [7, 11) is 0. The van der Waals surface area contributed by atoms with Gasteiger partial charge in [0, 0.05) is 5.56 Å². The van der Waals surface area contributed by atoms with Gasteiger partial charge in [-0.3, -0.25) is 0 Å². The second-order valence-electron chi connectivity index (χ2n) is 3.46. The molecule has 2 rings (SSSR count). The smallest absolute Gasteiger partial charge is 0.126 e. The van der Waals surface area contributed by atoms with Crippen molar-refractivity contribution in [2.24, 2.45) is 0 Å². The van der Waals surface area contributed by atoms with Gasteiger partial charge in [-0.05, 0) is 31.5 Å². The summed E-state index contributed by atoms with van der Waals surface area (Å²) in [5.41, 5.74) is 1.91. The SMILES string of the molecule is Cc1ncc(-c2cc(F)c(C)cc2Cl)[nH]1. The van der Waals surface area contributed by atoms with Crippen molar-refractivity contribution in [2.75, 3.05) is 0 Å². The van der Waals surface area contributed by atoms with E-state index in [9.17, 15) is 4.39 Å². The summed E-state index contributed by atoms with van der Waals surface area (Å²) in [6.07, 6.45) is 1.64. The molecule has 15 heavy (non-hydrogen) atoms. The van der Waals surface area contributed by atoms with Crippen molar-refractivity contribution in [3.63, 3.8) is 0 Å². The van der Waals surface area contributed by atoms with Gasteiger partial charge in [0.1, 0.15) is 11.6 Å². The summed E-state index contributed by atoms with van der Waals surface area (Å²) in [5.74, 6) is 0.517. The Hall–Kier alpha value is -1.35. The molecule has 0 bridgehead atoms. The van der Waals surface area contributed by atoms with Gasteiger partial charge in [0.05, 0.1) is 16.9 Å². The van der Waals surface area contributed by atoms with E-state index < -0.39 is 0 Å². The molecule has 1 N–H and O–H groups in total. The van der Waals surface area contributed by atoms with E-state index in [2.05, 4.69) is 9.97 Å². The fourth-order valence-corrected chi connectivity index (χ4v) is 1.73. The number of imidazole rings is 1. The molecule has 0 spiro atoms. The number of hydrogen-bond donors (Lipinski definition) is 1. The van der Waals surface area contributed by atoms with Crippen LogP contribution in [0.4, 0.5) is 4.39 Å². The molecule has 0 fully saturated rings. The third-order valence-corrected chi connectivity index (χ3v) is 2.55. The van der Waals surface area contributed by atoms with Gasteiger partial charge in [-0.25, -0.2) is 9.37 Å². The summed E-state index contributed by atoms with van der Waals surface area (Å²) >= 11 is 6.03. The molecule has 0 saturated heterocycles. The van der Waals surface area contributed by atoms with Gasteiger partial charge in [0.25, 0.3) is 0 Å². The van der Waals surface area contributed by atoms with E-state index in [1.54, 1.807) is 19.2 Å². The maximum Gasteiger partial charge on any atom is 0.126 e. The molecule has 2 aromatic rings. The van der Waals surface area contributed by atoms with Crippen LogP contribution in [0.1, 0.15) is 11.4 Å². The second-order valence-corrected chi connectivity index (χ2v) is 3.87. The summed E-state index contributed by atoms with van der Waals surface area (Å²) < 4.78 is 13.4. The monoisotopic (exact) mass is 224 g/mol. The number of benzene rings is 1. The molecule has 0 atom stereocenters. The number of hydrogen-bond acceptors (Lipinski definition) is 1. The Morgan fingerprint density at radius 3 is 2.67 bits per heavy atom. The van der Waals surface area contributed by atoms with E-state index in [1.807, 2.05) is 6.92 Å². The third kappa shape index (κ3) is 1.88. The van der Waals surface area contributed by atoms with Crippen LogP contribution in [0.3, 0.4) is 0 Å². The highest BCUT2D eigenvalue weighted by atomic mass is 35.5. The van der Waals surface area contributed by atoms with Gasteiger partial charge in [0.15, 0.2) is 0 Å². The minimum absolute atomic E-state index is 0.262. The molecule has 1 aromatic heterocycles. The first-order valence-electron chi connectivity index (χ1n) is 4.55. The normalized spacial score (nSPS) is 10.7. The predicted molar refractivity (Wildman–Crippen MR) is 58.5 cm³/mol. The summed E-state index contributed by atoms with van der Waals surface area (Å²) in [4.78, 5) is 7.07. The Labute approximate surface area is 92.1 Å². The lowest BCUT2D eigenvalue weighted by Crippen LogP contribution is -1.87. The standard InChI is InChI=1S/C11H10ClFN2/c1-6-3-9(12)8(4-10(6)13)11-5-14-7(2)15-11/h3-5H,1-2H3,(H,14,15). The lowest BCUT2D eigenvalue weighted by Gasteiger charge is -2.04. The van der Waals surface area contributed by atoms with Crippen molar-refractivity contribution in [1.82, 2.24) is 9.97 Å². The zero-order valence-electron chi connectivity index (χ0n) is 8.44. The van der Waals surface area contributed by atoms with Crippen molar-refractivity contribution in [3.8, 4) is 11.3 Å². The van der Waals surface area contributed by atoms with E-state index in [-0.39, 0.29) is 5.82 Å². The van der Waals surface area contributed by atoms with E-state index in [0.29, 0.717) is 16.1 Å². The highest BCUT2D eigenvalue weighted by Gasteiger charge is 2.09. The minimum atomic E-state index is -0.262. The topological polar surface area (TPSA) is 28.7 Å². The summed E-state index contributed by atoms with van der Waals surface area (Å²) in [6, 6.07) is 3.03. The number of aryl methyl sites for hydroxylation is 2. The Morgan fingerprint density at radius 1 is 1.33 bits per heavy atom. The van der Waals surface area contributed by atoms with Crippen molar-refractivity contribution in [3.05, 3.63) is 40.6 Å². The van der Waals surface area contributed by atoms with Crippen LogP contribution in [0.2, 0.25) is 5.02 Å². The maximum absolute atomic E-state index is 13.4. The van der Waals surface area contributed by atoms with Crippen LogP contribution < -0.4 is 0 Å². The summed E-state index contributed by atoms with van der Waals surface area (Å²) in [6.45, 7) is 3.52. The lowest BCUT2D eigenvalue weighted by atomic mass is 10.1. The van der Waals surface area contributed by atoms with Crippen LogP contribution in [0.25, 0.3) is 11.3 Å². The van der Waals surface area contributed by atoms with Gasteiger partial charge in [-0.1, -0.05) is 11.6 Å². The fraction of sp³-hybridized carbons (Fsp3) is 0.182. The summed E-state index contributed by atoms with van der Waals surface area (Å²) in [5, 5.41) is 0.526. The van der Waals surface area contributed by atoms with Crippen LogP contribution in [-0.4, -0.2) is 9.97 Å². The lowest BCUT2D eigenvalue weighted by molar-refractivity contribution is 0.619. The third-order valence-electron chi connectivity index (χ3n) is 2.24. The molecule has 0 saturated carbocycles. The van der Waals surface area contributed by atoms with Crippen LogP contribution in [0, 0.1) is 19.7 Å². The van der Waals surface area contributed by atoms with Crippen molar-refractivity contribution >= 4 is 11.6 Å². The van der Waals surface area contributed by atoms with Gasteiger partial charge in [-0.2, -0.15) is 0 Å². The molecule has 4 heteroatoms. The zero-order chi connectivity index (χ0) is 11.0. The number of aromatic nitrogens is 2. The number of aromatic amines is 1. The molecule has 0 unspecified atom stereocenters. The van der Waals surface area contributed by atoms with E-state index >= 15 is 0 Å². The van der Waals surface area contributed by atoms with E-state index in [1.165, 1.54) is 6.07 Å². The maximum atomic E-state index is 13.4. The van der Waals surface area contributed by atoms with E-state index in [0.717, 1.165) is 11.5 Å². The fourth-order valence-electron chi connectivity index (χ4n) is 1.41. The quantitative estimate of drug-likeness (QED) is 0.789. The first kappa shape index (κ1) is 10.2. The van der Waals surface area contributed by atoms with Gasteiger partial charge in [-0.15, -0.1) is 0 Å². The Bertz CT molecular complexity index is 505. The largest absolute Gasteiger partial charge is 0.342 e. The number of nitrogens with zero attached hydrogens (tertiary/aromatic N) is 1. The molecule has 78 valence electrons. The highest BCUT2D eigenvalue weighted by molar-refractivity contribution is 6.33. The zero-order valence-corrected chi connectivity index (χ0v) is 9.19. The average molecular weight is 225 g/mol. The van der Waals surface area contributed by atoms with Crippen LogP contribution in [-0.2, 0) is 0 Å². The first-order chi connectivity index (χ1) is 7.08.